The van der Waals surface area contributed by atoms with Gasteiger partial charge in [0.1, 0.15) is 5.78 Å². The molecule has 0 aromatic rings. The minimum Gasteiger partial charge on any atom is -0.392 e. The summed E-state index contributed by atoms with van der Waals surface area (Å²) >= 11 is 1.87. The van der Waals surface area contributed by atoms with E-state index in [0.29, 0.717) is 41.0 Å². The molecule has 0 bridgehead atoms. The first-order chi connectivity index (χ1) is 21.1. The van der Waals surface area contributed by atoms with Gasteiger partial charge in [-0.25, -0.2) is 0 Å². The lowest BCUT2D eigenvalue weighted by Gasteiger charge is -2.54. The average molecular weight is 634 g/mol. The van der Waals surface area contributed by atoms with Gasteiger partial charge in [-0.05, 0) is 125 Å². The van der Waals surface area contributed by atoms with Crippen LogP contribution in [0, 0.1) is 51.2 Å². The fourth-order valence-electron chi connectivity index (χ4n) is 11.9. The van der Waals surface area contributed by atoms with E-state index in [0.717, 1.165) is 71.1 Å². The van der Waals surface area contributed by atoms with Crippen molar-refractivity contribution in [2.45, 2.75) is 134 Å². The summed E-state index contributed by atoms with van der Waals surface area (Å²) in [7, 11) is 0. The third-order valence-corrected chi connectivity index (χ3v) is 16.0. The number of carbonyl (C=O) groups is 1. The molecule has 0 aromatic carbocycles. The van der Waals surface area contributed by atoms with E-state index < -0.39 is 12.4 Å². The number of Topliss-reactive ketones (excluding diaryl/α,β-unsaturated/α-hetero) is 1. The maximum absolute atomic E-state index is 13.8. The van der Waals surface area contributed by atoms with Crippen LogP contribution in [-0.4, -0.2) is 71.7 Å². The molecule has 6 aliphatic rings. The van der Waals surface area contributed by atoms with Crippen molar-refractivity contribution in [3.05, 3.63) is 0 Å². The number of aliphatic hydroxyl groups is 2. The molecule has 0 saturated heterocycles. The lowest BCUT2D eigenvalue weighted by Crippen LogP contribution is -2.58. The molecule has 8 heteroatoms. The van der Waals surface area contributed by atoms with Gasteiger partial charge >= 0.3 is 0 Å². The van der Waals surface area contributed by atoms with Crippen LogP contribution in [0.15, 0.2) is 0 Å². The standard InChI is InChI=1S/C36H63N3O4S/c1-23-18-36-28(40)14-15-35(36)24(2)31(42)34(26-10-11-26,22-39-17-7-5-4-6-16-37)19-29(33(23,3)32(35)36)43-30(41)21-44-27-12-8-25(20-38)9-13-27/h23-27,29-32,39,41-42H,4-22,37-38H2,1-3H3/t23-,24+,25?,27?,29-,30?,31+,32+,33+,34-,35-,36?/m1/s1. The zero-order valence-electron chi connectivity index (χ0n) is 27.9. The molecule has 6 fully saturated rings. The van der Waals surface area contributed by atoms with Crippen molar-refractivity contribution in [2.24, 2.45) is 62.7 Å². The molecule has 0 amide bonds. The van der Waals surface area contributed by atoms with Gasteiger partial charge in [0.25, 0.3) is 0 Å². The van der Waals surface area contributed by atoms with Crippen LogP contribution in [0.2, 0.25) is 0 Å². The summed E-state index contributed by atoms with van der Waals surface area (Å²) in [5, 5.41) is 28.4. The Balaban J connectivity index is 1.24. The maximum atomic E-state index is 13.8. The highest BCUT2D eigenvalue weighted by atomic mass is 32.2. The monoisotopic (exact) mass is 633 g/mol. The fraction of sp³-hybridized carbons (Fsp3) is 0.972. The number of ketones is 1. The molecular weight excluding hydrogens is 570 g/mol. The van der Waals surface area contributed by atoms with E-state index in [-0.39, 0.29) is 39.6 Å². The SMILES string of the molecule is C[C@@H]1CC23C(=O)CC[C@]24[C@@H](C)[C@H](O)[C@](CNCCCCCCN)(C2CC2)C[C@@H](OC(O)CSC2CCC(CN)CC2)[C@@]1(C)[C@H]34. The Morgan fingerprint density at radius 3 is 2.45 bits per heavy atom. The zero-order chi connectivity index (χ0) is 31.3. The van der Waals surface area contributed by atoms with Gasteiger partial charge in [0.15, 0.2) is 6.29 Å². The Morgan fingerprint density at radius 1 is 1.05 bits per heavy atom. The molecule has 0 heterocycles. The van der Waals surface area contributed by atoms with E-state index >= 15 is 0 Å². The quantitative estimate of drug-likeness (QED) is 0.128. The van der Waals surface area contributed by atoms with E-state index in [1.807, 2.05) is 11.8 Å². The molecule has 6 aliphatic carbocycles. The summed E-state index contributed by atoms with van der Waals surface area (Å²) in [6, 6.07) is 0. The Kier molecular flexibility index (Phi) is 9.95. The first-order valence-electron chi connectivity index (χ1n) is 18.4. The number of unbranched alkanes of at least 4 members (excludes halogenated alkanes) is 3. The second-order valence-corrected chi connectivity index (χ2v) is 17.8. The van der Waals surface area contributed by atoms with Gasteiger partial charge in [0, 0.05) is 40.2 Å². The predicted octanol–water partition coefficient (Wildman–Crippen LogP) is 4.86. The topological polar surface area (TPSA) is 131 Å². The van der Waals surface area contributed by atoms with Crippen LogP contribution in [0.5, 0.6) is 0 Å². The van der Waals surface area contributed by atoms with Crippen LogP contribution in [0.25, 0.3) is 0 Å². The van der Waals surface area contributed by atoms with Crippen LogP contribution in [-0.2, 0) is 9.53 Å². The number of carbonyl (C=O) groups excluding carboxylic acids is 1. The molecular formula is C36H63N3O4S. The zero-order valence-corrected chi connectivity index (χ0v) is 28.7. The van der Waals surface area contributed by atoms with Gasteiger partial charge < -0.3 is 31.7 Å². The molecule has 2 spiro atoms. The molecule has 0 aliphatic heterocycles. The van der Waals surface area contributed by atoms with Crippen molar-refractivity contribution in [3.63, 3.8) is 0 Å². The third-order valence-electron chi connectivity index (χ3n) is 14.5. The Labute approximate surface area is 271 Å². The van der Waals surface area contributed by atoms with Gasteiger partial charge in [-0.3, -0.25) is 4.79 Å². The number of rotatable bonds is 15. The van der Waals surface area contributed by atoms with E-state index in [1.165, 1.54) is 38.5 Å². The van der Waals surface area contributed by atoms with Gasteiger partial charge in [0.2, 0.25) is 0 Å². The summed E-state index contributed by atoms with van der Waals surface area (Å²) in [5.74, 6) is 2.79. The van der Waals surface area contributed by atoms with Crippen molar-refractivity contribution < 1.29 is 19.7 Å². The minimum atomic E-state index is -0.843. The highest BCUT2D eigenvalue weighted by Gasteiger charge is 2.92. The number of nitrogens with one attached hydrogen (secondary N) is 1. The highest BCUT2D eigenvalue weighted by molar-refractivity contribution is 7.99. The van der Waals surface area contributed by atoms with Crippen LogP contribution < -0.4 is 16.8 Å². The summed E-state index contributed by atoms with van der Waals surface area (Å²) in [5.41, 5.74) is 10.7. The summed E-state index contributed by atoms with van der Waals surface area (Å²) in [6.45, 7) is 10.3. The van der Waals surface area contributed by atoms with Crippen LogP contribution in [0.4, 0.5) is 0 Å². The van der Waals surface area contributed by atoms with Crippen molar-refractivity contribution >= 4 is 17.5 Å². The van der Waals surface area contributed by atoms with Crippen LogP contribution in [0.3, 0.4) is 0 Å². The largest absolute Gasteiger partial charge is 0.392 e. The molecule has 252 valence electrons. The number of nitrogens with two attached hydrogens (primary N) is 2. The molecule has 6 saturated carbocycles. The third kappa shape index (κ3) is 5.27. The minimum absolute atomic E-state index is 0.0859. The number of thioether (sulfide) groups is 1. The number of aliphatic hydroxyl groups excluding tert-OH is 2. The van der Waals surface area contributed by atoms with Crippen LogP contribution in [0.1, 0.15) is 111 Å². The second kappa shape index (κ2) is 13.0. The maximum Gasteiger partial charge on any atom is 0.163 e. The molecule has 0 radical (unpaired) electrons. The number of ether oxygens (including phenoxy) is 1. The van der Waals surface area contributed by atoms with Gasteiger partial charge in [-0.15, -0.1) is 0 Å². The Hall–Kier alpha value is -0.220. The molecule has 7 N–H and O–H groups in total. The molecule has 2 unspecified atom stereocenters. The van der Waals surface area contributed by atoms with Crippen molar-refractivity contribution in [3.8, 4) is 0 Å². The van der Waals surface area contributed by atoms with E-state index in [9.17, 15) is 15.0 Å². The van der Waals surface area contributed by atoms with Gasteiger partial charge in [-0.1, -0.05) is 33.6 Å². The molecule has 44 heavy (non-hydrogen) atoms. The fourth-order valence-corrected chi connectivity index (χ4v) is 13.1. The Bertz CT molecular complexity index is 1020. The molecule has 7 nitrogen and oxygen atoms in total. The lowest BCUT2D eigenvalue weighted by molar-refractivity contribution is -0.207. The Morgan fingerprint density at radius 2 is 1.77 bits per heavy atom. The van der Waals surface area contributed by atoms with E-state index in [2.05, 4.69) is 26.1 Å². The first-order valence-corrected chi connectivity index (χ1v) is 19.4. The van der Waals surface area contributed by atoms with E-state index in [4.69, 9.17) is 16.2 Å². The second-order valence-electron chi connectivity index (χ2n) is 16.5. The summed E-state index contributed by atoms with van der Waals surface area (Å²) in [4.78, 5) is 13.8. The van der Waals surface area contributed by atoms with Gasteiger partial charge in [-0.2, -0.15) is 11.8 Å². The van der Waals surface area contributed by atoms with Gasteiger partial charge in [0.05, 0.1) is 12.2 Å². The van der Waals surface area contributed by atoms with Crippen LogP contribution >= 0.6 is 11.8 Å². The van der Waals surface area contributed by atoms with Crippen molar-refractivity contribution in [1.82, 2.24) is 5.32 Å². The summed E-state index contributed by atoms with van der Waals surface area (Å²) < 4.78 is 6.90. The number of hydrogen-bond acceptors (Lipinski definition) is 8. The number of hydrogen-bond donors (Lipinski definition) is 5. The molecule has 10 atom stereocenters. The smallest absolute Gasteiger partial charge is 0.163 e. The normalized spacial score (nSPS) is 47.2. The lowest BCUT2D eigenvalue weighted by atomic mass is 9.55. The summed E-state index contributed by atoms with van der Waals surface area (Å²) in [6.07, 6.45) is 13.3. The van der Waals surface area contributed by atoms with Crippen molar-refractivity contribution in [2.75, 3.05) is 31.9 Å². The van der Waals surface area contributed by atoms with E-state index in [1.54, 1.807) is 0 Å². The van der Waals surface area contributed by atoms with Crippen molar-refractivity contribution in [1.29, 1.82) is 0 Å². The molecule has 0 aromatic heterocycles. The average Bonchev–Trinajstić information content (AvgIpc) is 3.92. The first kappa shape index (κ1) is 33.7. The highest BCUT2D eigenvalue weighted by Crippen LogP contribution is 2.91. The predicted molar refractivity (Wildman–Crippen MR) is 178 cm³/mol. The molecule has 6 rings (SSSR count).